The van der Waals surface area contributed by atoms with Crippen LogP contribution in [0.15, 0.2) is 0 Å². The number of halogens is 1. The Morgan fingerprint density at radius 2 is 2.22 bits per heavy atom. The molecule has 0 aliphatic rings. The van der Waals surface area contributed by atoms with E-state index in [1.165, 1.54) is 12.8 Å². The zero-order chi connectivity index (χ0) is 7.11. The monoisotopic (exact) mass is 192 g/mol. The number of hydrogen-bond acceptors (Lipinski definition) is 1. The third kappa shape index (κ3) is 6.03. The molecule has 0 saturated heterocycles. The second kappa shape index (κ2) is 6.27. The Morgan fingerprint density at radius 1 is 1.56 bits per heavy atom. The van der Waals surface area contributed by atoms with Gasteiger partial charge in [0.2, 0.25) is 0 Å². The third-order valence-electron chi connectivity index (χ3n) is 1.23. The zero-order valence-electron chi connectivity index (χ0n) is 5.77. The predicted octanol–water partition coefficient (Wildman–Crippen LogP) is 2.53. The van der Waals surface area contributed by atoms with Gasteiger partial charge < -0.3 is 4.79 Å². The summed E-state index contributed by atoms with van der Waals surface area (Å²) < 4.78 is 0. The van der Waals surface area contributed by atoms with Crippen LogP contribution in [0.3, 0.4) is 0 Å². The van der Waals surface area contributed by atoms with E-state index in [2.05, 4.69) is 22.9 Å². The highest BCUT2D eigenvalue weighted by Crippen LogP contribution is 2.07. The van der Waals surface area contributed by atoms with Crippen molar-refractivity contribution in [3.63, 3.8) is 0 Å². The van der Waals surface area contributed by atoms with Crippen molar-refractivity contribution in [3.05, 3.63) is 0 Å². The van der Waals surface area contributed by atoms with Crippen LogP contribution in [0.4, 0.5) is 0 Å². The van der Waals surface area contributed by atoms with Crippen molar-refractivity contribution in [1.29, 1.82) is 0 Å². The molecular weight excluding hydrogens is 180 g/mol. The smallest absolute Gasteiger partial charge is 0.133 e. The van der Waals surface area contributed by atoms with Gasteiger partial charge in [0.15, 0.2) is 0 Å². The lowest BCUT2D eigenvalue weighted by Gasteiger charge is -1.98. The molecule has 1 atom stereocenters. The standard InChI is InChI=1S/C7H13BrO/c1-2-3-4-5-7(8)6-9/h6-7H,2-5H2,1H3/t7-/m1/s1. The molecular formula is C7H13BrO. The minimum atomic E-state index is 0.0871. The number of unbranched alkanes of at least 4 members (excludes halogenated alkanes) is 2. The maximum absolute atomic E-state index is 10.1. The first-order chi connectivity index (χ1) is 4.31. The van der Waals surface area contributed by atoms with E-state index in [0.29, 0.717) is 0 Å². The van der Waals surface area contributed by atoms with Crippen LogP contribution in [0.5, 0.6) is 0 Å². The average molecular weight is 193 g/mol. The SMILES string of the molecule is CCCCC[C@@H](Br)C=O. The summed E-state index contributed by atoms with van der Waals surface area (Å²) in [6, 6.07) is 0. The summed E-state index contributed by atoms with van der Waals surface area (Å²) in [5, 5.41) is 0. The lowest BCUT2D eigenvalue weighted by molar-refractivity contribution is -0.107. The zero-order valence-corrected chi connectivity index (χ0v) is 7.36. The summed E-state index contributed by atoms with van der Waals surface area (Å²) in [5.74, 6) is 0. The Morgan fingerprint density at radius 3 is 2.67 bits per heavy atom. The summed E-state index contributed by atoms with van der Waals surface area (Å²) in [6.45, 7) is 2.16. The van der Waals surface area contributed by atoms with E-state index < -0.39 is 0 Å². The Bertz CT molecular complexity index is 73.3. The molecule has 0 unspecified atom stereocenters. The molecule has 0 amide bonds. The van der Waals surface area contributed by atoms with Crippen molar-refractivity contribution >= 4 is 22.2 Å². The highest BCUT2D eigenvalue weighted by atomic mass is 79.9. The second-order valence-electron chi connectivity index (χ2n) is 2.15. The van der Waals surface area contributed by atoms with Crippen LogP contribution >= 0.6 is 15.9 Å². The predicted molar refractivity (Wildman–Crippen MR) is 42.9 cm³/mol. The summed E-state index contributed by atoms with van der Waals surface area (Å²) in [6.07, 6.45) is 5.55. The van der Waals surface area contributed by atoms with Gasteiger partial charge in [-0.05, 0) is 6.42 Å². The number of rotatable bonds is 5. The molecule has 0 aromatic carbocycles. The molecule has 0 N–H and O–H groups in total. The normalized spacial score (nSPS) is 13.1. The number of alkyl halides is 1. The Balaban J connectivity index is 2.96. The Labute approximate surface area is 65.0 Å². The minimum absolute atomic E-state index is 0.0871. The van der Waals surface area contributed by atoms with Gasteiger partial charge in [-0.2, -0.15) is 0 Å². The van der Waals surface area contributed by atoms with Gasteiger partial charge >= 0.3 is 0 Å². The molecule has 9 heavy (non-hydrogen) atoms. The maximum Gasteiger partial charge on any atom is 0.133 e. The van der Waals surface area contributed by atoms with Crippen molar-refractivity contribution in [1.82, 2.24) is 0 Å². The fourth-order valence-electron chi connectivity index (χ4n) is 0.657. The van der Waals surface area contributed by atoms with Crippen LogP contribution < -0.4 is 0 Å². The Hall–Kier alpha value is 0.150. The summed E-state index contributed by atoms with van der Waals surface area (Å²) in [5.41, 5.74) is 0. The number of carbonyl (C=O) groups excluding carboxylic acids is 1. The molecule has 0 heterocycles. The molecule has 0 aromatic rings. The molecule has 0 spiro atoms. The van der Waals surface area contributed by atoms with Gasteiger partial charge in [-0.15, -0.1) is 0 Å². The van der Waals surface area contributed by atoms with Crippen LogP contribution in [-0.2, 0) is 4.79 Å². The van der Waals surface area contributed by atoms with Gasteiger partial charge in [-0.3, -0.25) is 0 Å². The second-order valence-corrected chi connectivity index (χ2v) is 3.32. The molecule has 0 fully saturated rings. The van der Waals surface area contributed by atoms with Gasteiger partial charge in [0.05, 0.1) is 4.83 Å². The fraction of sp³-hybridized carbons (Fsp3) is 0.857. The van der Waals surface area contributed by atoms with Crippen LogP contribution in [0.25, 0.3) is 0 Å². The molecule has 0 aromatic heterocycles. The molecule has 0 rings (SSSR count). The molecule has 0 radical (unpaired) electrons. The molecule has 1 nitrogen and oxygen atoms in total. The summed E-state index contributed by atoms with van der Waals surface area (Å²) >= 11 is 3.24. The van der Waals surface area contributed by atoms with Gasteiger partial charge in [0.1, 0.15) is 6.29 Å². The molecule has 0 bridgehead atoms. The van der Waals surface area contributed by atoms with E-state index in [1.54, 1.807) is 0 Å². The van der Waals surface area contributed by atoms with Crippen LogP contribution in [-0.4, -0.2) is 11.1 Å². The highest BCUT2D eigenvalue weighted by molar-refractivity contribution is 9.09. The van der Waals surface area contributed by atoms with E-state index in [4.69, 9.17) is 0 Å². The van der Waals surface area contributed by atoms with Crippen molar-refractivity contribution in [3.8, 4) is 0 Å². The van der Waals surface area contributed by atoms with E-state index in [9.17, 15) is 4.79 Å². The van der Waals surface area contributed by atoms with E-state index in [-0.39, 0.29) is 4.83 Å². The fourth-order valence-corrected chi connectivity index (χ4v) is 0.981. The number of aldehydes is 1. The molecule has 0 aliphatic heterocycles. The first-order valence-electron chi connectivity index (χ1n) is 3.40. The van der Waals surface area contributed by atoms with Gasteiger partial charge in [0, 0.05) is 0 Å². The summed E-state index contributed by atoms with van der Waals surface area (Å²) in [7, 11) is 0. The average Bonchev–Trinajstić information content (AvgIpc) is 1.89. The summed E-state index contributed by atoms with van der Waals surface area (Å²) in [4.78, 5) is 10.1. The third-order valence-corrected chi connectivity index (χ3v) is 1.90. The van der Waals surface area contributed by atoms with Crippen molar-refractivity contribution in [2.75, 3.05) is 0 Å². The van der Waals surface area contributed by atoms with Crippen molar-refractivity contribution < 1.29 is 4.79 Å². The lowest BCUT2D eigenvalue weighted by atomic mass is 10.2. The molecule has 54 valence electrons. The van der Waals surface area contributed by atoms with Crippen LogP contribution in [0, 0.1) is 0 Å². The van der Waals surface area contributed by atoms with Gasteiger partial charge in [0.25, 0.3) is 0 Å². The van der Waals surface area contributed by atoms with E-state index >= 15 is 0 Å². The van der Waals surface area contributed by atoms with Gasteiger partial charge in [-0.25, -0.2) is 0 Å². The topological polar surface area (TPSA) is 17.1 Å². The molecule has 0 saturated carbocycles. The van der Waals surface area contributed by atoms with E-state index in [0.717, 1.165) is 19.1 Å². The maximum atomic E-state index is 10.1. The van der Waals surface area contributed by atoms with Gasteiger partial charge in [-0.1, -0.05) is 42.1 Å². The van der Waals surface area contributed by atoms with Crippen LogP contribution in [0.2, 0.25) is 0 Å². The lowest BCUT2D eigenvalue weighted by Crippen LogP contribution is -1.97. The quantitative estimate of drug-likeness (QED) is 0.372. The van der Waals surface area contributed by atoms with E-state index in [1.807, 2.05) is 0 Å². The van der Waals surface area contributed by atoms with Crippen LogP contribution in [0.1, 0.15) is 32.6 Å². The first kappa shape index (κ1) is 9.15. The molecule has 0 aliphatic carbocycles. The molecule has 2 heteroatoms. The first-order valence-corrected chi connectivity index (χ1v) is 4.32. The number of hydrogen-bond donors (Lipinski definition) is 0. The highest BCUT2D eigenvalue weighted by Gasteiger charge is 1.98. The van der Waals surface area contributed by atoms with Crippen molar-refractivity contribution in [2.45, 2.75) is 37.4 Å². The van der Waals surface area contributed by atoms with Crippen molar-refractivity contribution in [2.24, 2.45) is 0 Å². The largest absolute Gasteiger partial charge is 0.302 e. The minimum Gasteiger partial charge on any atom is -0.302 e. The number of carbonyl (C=O) groups is 1. The Kier molecular flexibility index (Phi) is 6.38.